The predicted octanol–water partition coefficient (Wildman–Crippen LogP) is 4.74. The topological polar surface area (TPSA) is 18.5 Å². The van der Waals surface area contributed by atoms with Gasteiger partial charge >= 0.3 is 0 Å². The van der Waals surface area contributed by atoms with Crippen LogP contribution in [0.3, 0.4) is 0 Å². The van der Waals surface area contributed by atoms with E-state index in [0.717, 1.165) is 19.6 Å². The Morgan fingerprint density at radius 3 is 2.17 bits per heavy atom. The van der Waals surface area contributed by atoms with Crippen LogP contribution in [-0.2, 0) is 9.47 Å². The lowest BCUT2D eigenvalue weighted by molar-refractivity contribution is -0.141. The van der Waals surface area contributed by atoms with Gasteiger partial charge in [-0.15, -0.1) is 0 Å². The van der Waals surface area contributed by atoms with Crippen molar-refractivity contribution in [2.75, 3.05) is 19.8 Å². The summed E-state index contributed by atoms with van der Waals surface area (Å²) < 4.78 is 10.7. The lowest BCUT2D eigenvalue weighted by atomic mass is 9.84. The Bertz CT molecular complexity index is 232. The van der Waals surface area contributed by atoms with E-state index in [1.165, 1.54) is 0 Å². The van der Waals surface area contributed by atoms with Crippen molar-refractivity contribution in [3.05, 3.63) is 37.1 Å². The Kier molecular flexibility index (Phi) is 13.4. The largest absolute Gasteiger partial charge is 0.493 e. The first kappa shape index (κ1) is 19.3. The fourth-order valence-electron chi connectivity index (χ4n) is 1.25. The summed E-state index contributed by atoms with van der Waals surface area (Å²) in [7, 11) is 0. The maximum absolute atomic E-state index is 5.53. The third-order valence-electron chi connectivity index (χ3n) is 2.55. The first-order chi connectivity index (χ1) is 8.72. The van der Waals surface area contributed by atoms with Gasteiger partial charge in [0.2, 0.25) is 0 Å². The minimum absolute atomic E-state index is 0.227. The molecule has 1 heterocycles. The highest BCUT2D eigenvalue weighted by Crippen LogP contribution is 2.31. The molecule has 1 saturated heterocycles. The zero-order valence-electron chi connectivity index (χ0n) is 12.8. The van der Waals surface area contributed by atoms with Crippen LogP contribution in [0.25, 0.3) is 0 Å². The van der Waals surface area contributed by atoms with Crippen molar-refractivity contribution >= 4 is 0 Å². The third kappa shape index (κ3) is 7.33. The molecule has 0 aromatic heterocycles. The van der Waals surface area contributed by atoms with Crippen LogP contribution in [0.2, 0.25) is 0 Å². The van der Waals surface area contributed by atoms with Gasteiger partial charge in [0.25, 0.3) is 0 Å². The van der Waals surface area contributed by atoms with Crippen molar-refractivity contribution in [1.82, 2.24) is 0 Å². The van der Waals surface area contributed by atoms with Gasteiger partial charge in [-0.1, -0.05) is 59.9 Å². The van der Waals surface area contributed by atoms with Crippen molar-refractivity contribution in [2.24, 2.45) is 5.41 Å². The molecule has 0 bridgehead atoms. The van der Waals surface area contributed by atoms with Crippen LogP contribution in [0.5, 0.6) is 0 Å². The van der Waals surface area contributed by atoms with Gasteiger partial charge in [-0.2, -0.15) is 0 Å². The molecule has 1 fully saturated rings. The number of hydrogen-bond donors (Lipinski definition) is 0. The molecule has 0 saturated carbocycles. The van der Waals surface area contributed by atoms with E-state index in [1.54, 1.807) is 6.08 Å². The summed E-state index contributed by atoms with van der Waals surface area (Å²) in [6.45, 7) is 19.8. The molecule has 0 N–H and O–H groups in total. The molecule has 1 aliphatic heterocycles. The van der Waals surface area contributed by atoms with Gasteiger partial charge in [-0.05, 0) is 12.5 Å². The quantitative estimate of drug-likeness (QED) is 0.503. The molecule has 0 aliphatic carbocycles. The molecule has 0 unspecified atom stereocenters. The highest BCUT2D eigenvalue weighted by atomic mass is 16.5. The van der Waals surface area contributed by atoms with E-state index in [4.69, 9.17) is 9.47 Å². The zero-order chi connectivity index (χ0) is 14.4. The SMILES string of the molecule is C=C/C=C\C(=C)OCC1(CC)COC1.CC.CC. The number of allylic oxidation sites excluding steroid dienone is 3. The molecule has 2 heteroatoms. The molecular formula is C16H30O2. The van der Waals surface area contributed by atoms with Gasteiger partial charge in [-0.3, -0.25) is 0 Å². The summed E-state index contributed by atoms with van der Waals surface area (Å²) in [5.74, 6) is 0.685. The average molecular weight is 254 g/mol. The van der Waals surface area contributed by atoms with Gasteiger partial charge < -0.3 is 9.47 Å². The van der Waals surface area contributed by atoms with Gasteiger partial charge in [0, 0.05) is 0 Å². The summed E-state index contributed by atoms with van der Waals surface area (Å²) in [6.07, 6.45) is 6.43. The maximum Gasteiger partial charge on any atom is 0.112 e. The standard InChI is InChI=1S/C12H18O2.2C2H6/c1-4-6-7-11(3)14-10-12(5-2)8-13-9-12;2*1-2/h4,6-7H,1,3,5,8-10H2,2H3;2*1-2H3/b7-6-;;. The van der Waals surface area contributed by atoms with Crippen LogP contribution >= 0.6 is 0 Å². The molecule has 0 aromatic rings. The van der Waals surface area contributed by atoms with Crippen molar-refractivity contribution < 1.29 is 9.47 Å². The molecule has 0 aromatic carbocycles. The van der Waals surface area contributed by atoms with Crippen LogP contribution in [0.1, 0.15) is 41.0 Å². The molecule has 0 spiro atoms. The molecule has 18 heavy (non-hydrogen) atoms. The second kappa shape index (κ2) is 12.4. The van der Waals surface area contributed by atoms with Crippen LogP contribution < -0.4 is 0 Å². The lowest BCUT2D eigenvalue weighted by Crippen LogP contribution is -2.45. The zero-order valence-corrected chi connectivity index (χ0v) is 12.8. The molecule has 106 valence electrons. The summed E-state index contributed by atoms with van der Waals surface area (Å²) >= 11 is 0. The first-order valence-electron chi connectivity index (χ1n) is 6.91. The monoisotopic (exact) mass is 254 g/mol. The van der Waals surface area contributed by atoms with Crippen LogP contribution in [0.15, 0.2) is 37.1 Å². The van der Waals surface area contributed by atoms with Gasteiger partial charge in [-0.25, -0.2) is 0 Å². The highest BCUT2D eigenvalue weighted by molar-refractivity contribution is 5.12. The summed E-state index contributed by atoms with van der Waals surface area (Å²) in [5, 5.41) is 0. The van der Waals surface area contributed by atoms with E-state index in [0.29, 0.717) is 12.4 Å². The van der Waals surface area contributed by atoms with Crippen molar-refractivity contribution in [1.29, 1.82) is 0 Å². The Labute approximate surface area is 113 Å². The Morgan fingerprint density at radius 2 is 1.83 bits per heavy atom. The summed E-state index contributed by atoms with van der Waals surface area (Å²) in [6, 6.07) is 0. The summed E-state index contributed by atoms with van der Waals surface area (Å²) in [4.78, 5) is 0. The fourth-order valence-corrected chi connectivity index (χ4v) is 1.25. The average Bonchev–Trinajstić information content (AvgIpc) is 2.40. The second-order valence-corrected chi connectivity index (χ2v) is 3.70. The minimum atomic E-state index is 0.227. The Hall–Kier alpha value is -1.02. The Balaban J connectivity index is 0. The maximum atomic E-state index is 5.53. The molecule has 0 atom stereocenters. The van der Waals surface area contributed by atoms with E-state index in [2.05, 4.69) is 20.1 Å². The van der Waals surface area contributed by atoms with E-state index < -0.39 is 0 Å². The van der Waals surface area contributed by atoms with Gasteiger partial charge in [0.05, 0.1) is 25.2 Å². The van der Waals surface area contributed by atoms with Crippen LogP contribution in [-0.4, -0.2) is 19.8 Å². The number of rotatable bonds is 6. The van der Waals surface area contributed by atoms with Gasteiger partial charge in [0.1, 0.15) is 5.76 Å². The first-order valence-corrected chi connectivity index (χ1v) is 6.91. The van der Waals surface area contributed by atoms with Crippen molar-refractivity contribution in [2.45, 2.75) is 41.0 Å². The highest BCUT2D eigenvalue weighted by Gasteiger charge is 2.37. The third-order valence-corrected chi connectivity index (χ3v) is 2.55. The van der Waals surface area contributed by atoms with Gasteiger partial charge in [0.15, 0.2) is 0 Å². The molecular weight excluding hydrogens is 224 g/mol. The van der Waals surface area contributed by atoms with E-state index >= 15 is 0 Å². The van der Waals surface area contributed by atoms with Crippen molar-refractivity contribution in [3.8, 4) is 0 Å². The fraction of sp³-hybridized carbons (Fsp3) is 0.625. The minimum Gasteiger partial charge on any atom is -0.493 e. The molecule has 1 aliphatic rings. The van der Waals surface area contributed by atoms with E-state index in [9.17, 15) is 0 Å². The molecule has 0 radical (unpaired) electrons. The summed E-state index contributed by atoms with van der Waals surface area (Å²) in [5.41, 5.74) is 0.227. The normalized spacial score (nSPS) is 15.4. The van der Waals surface area contributed by atoms with Crippen LogP contribution in [0, 0.1) is 5.41 Å². The number of ether oxygens (including phenoxy) is 2. The van der Waals surface area contributed by atoms with Crippen LogP contribution in [0.4, 0.5) is 0 Å². The van der Waals surface area contributed by atoms with E-state index in [-0.39, 0.29) is 5.41 Å². The number of hydrogen-bond acceptors (Lipinski definition) is 2. The van der Waals surface area contributed by atoms with Crippen molar-refractivity contribution in [3.63, 3.8) is 0 Å². The smallest absolute Gasteiger partial charge is 0.112 e. The molecule has 0 amide bonds. The predicted molar refractivity (Wildman–Crippen MR) is 80.7 cm³/mol. The second-order valence-electron chi connectivity index (χ2n) is 3.70. The van der Waals surface area contributed by atoms with E-state index in [1.807, 2.05) is 39.8 Å². The molecule has 2 nitrogen and oxygen atoms in total. The lowest BCUT2D eigenvalue weighted by Gasteiger charge is -2.40. The Morgan fingerprint density at radius 1 is 1.28 bits per heavy atom. The molecule has 1 rings (SSSR count).